The molecule has 0 saturated carbocycles. The fraction of sp³-hybridized carbons (Fsp3) is 0.154. The van der Waals surface area contributed by atoms with E-state index in [1.54, 1.807) is 11.8 Å². The smallest absolute Gasteiger partial charge is 0.176 e. The average Bonchev–Trinajstić information content (AvgIpc) is 2.61. The summed E-state index contributed by atoms with van der Waals surface area (Å²) in [5.41, 5.74) is 1.31. The molecule has 0 fully saturated rings. The lowest BCUT2D eigenvalue weighted by Crippen LogP contribution is -2.26. The predicted octanol–water partition coefficient (Wildman–Crippen LogP) is 1.83. The monoisotopic (exact) mass is 228 g/mol. The highest BCUT2D eigenvalue weighted by atomic mass is 32.2. The number of benzene rings is 1. The maximum atomic E-state index is 4.52. The number of fused-ring (bicyclic) bond motifs is 2. The second-order valence-corrected chi connectivity index (χ2v) is 4.59. The van der Waals surface area contributed by atoms with E-state index in [-0.39, 0.29) is 0 Å². The van der Waals surface area contributed by atoms with E-state index in [9.17, 15) is 0 Å². The number of thioether (sulfide) groups is 1. The minimum Gasteiger partial charge on any atom is -0.299 e. The summed E-state index contributed by atoms with van der Waals surface area (Å²) in [4.78, 5) is 6.71. The molecular formula is C13H12N2S. The highest BCUT2D eigenvalue weighted by molar-refractivity contribution is 8.16. The minimum absolute atomic E-state index is 1.03. The molecule has 0 N–H and O–H groups in total. The second kappa shape index (κ2) is 3.83. The molecule has 0 unspecified atom stereocenters. The average molecular weight is 228 g/mol. The Kier molecular flexibility index (Phi) is 2.33. The van der Waals surface area contributed by atoms with E-state index in [2.05, 4.69) is 46.6 Å². The van der Waals surface area contributed by atoms with Gasteiger partial charge in [-0.2, -0.15) is 0 Å². The van der Waals surface area contributed by atoms with Crippen LogP contribution in [0.3, 0.4) is 0 Å². The number of amidine groups is 1. The van der Waals surface area contributed by atoms with E-state index in [1.165, 1.54) is 16.1 Å². The molecule has 3 heteroatoms. The fourth-order valence-electron chi connectivity index (χ4n) is 1.85. The fourth-order valence-corrected chi connectivity index (χ4v) is 2.77. The predicted molar refractivity (Wildman–Crippen MR) is 69.9 cm³/mol. The zero-order valence-corrected chi connectivity index (χ0v) is 9.87. The summed E-state index contributed by atoms with van der Waals surface area (Å²) in [5.74, 6) is 0. The van der Waals surface area contributed by atoms with Crippen molar-refractivity contribution in [1.29, 1.82) is 0 Å². The summed E-state index contributed by atoms with van der Waals surface area (Å²) in [5, 5.41) is 5.63. The van der Waals surface area contributed by atoms with Crippen LogP contribution >= 0.6 is 11.8 Å². The molecule has 16 heavy (non-hydrogen) atoms. The van der Waals surface area contributed by atoms with Crippen molar-refractivity contribution in [3.05, 3.63) is 45.8 Å². The molecule has 1 aromatic carbocycles. The lowest BCUT2D eigenvalue weighted by Gasteiger charge is -2.15. The van der Waals surface area contributed by atoms with Crippen molar-refractivity contribution in [1.82, 2.24) is 4.90 Å². The van der Waals surface area contributed by atoms with E-state index < -0.39 is 0 Å². The molecule has 0 aliphatic carbocycles. The third-order valence-corrected chi connectivity index (χ3v) is 3.66. The molecule has 0 saturated heterocycles. The SMILES string of the molecule is CCC1=CSC2=NC=c3ccccc3=CN12. The van der Waals surface area contributed by atoms with Crippen LogP contribution < -0.4 is 10.4 Å². The molecule has 2 heterocycles. The van der Waals surface area contributed by atoms with Gasteiger partial charge in [0.2, 0.25) is 0 Å². The number of aliphatic imine (C=N–C) groups is 1. The molecule has 80 valence electrons. The van der Waals surface area contributed by atoms with Crippen LogP contribution in [0.25, 0.3) is 12.4 Å². The summed E-state index contributed by atoms with van der Waals surface area (Å²) in [6, 6.07) is 8.33. The highest BCUT2D eigenvalue weighted by Crippen LogP contribution is 2.28. The van der Waals surface area contributed by atoms with E-state index in [1.807, 2.05) is 12.3 Å². The van der Waals surface area contributed by atoms with E-state index in [0.717, 1.165) is 11.6 Å². The Morgan fingerprint density at radius 2 is 2.06 bits per heavy atom. The Morgan fingerprint density at radius 1 is 1.25 bits per heavy atom. The number of hydrogen-bond donors (Lipinski definition) is 0. The van der Waals surface area contributed by atoms with Crippen molar-refractivity contribution in [2.75, 3.05) is 0 Å². The third-order valence-electron chi connectivity index (χ3n) is 2.76. The van der Waals surface area contributed by atoms with Gasteiger partial charge in [0.1, 0.15) is 0 Å². The third kappa shape index (κ3) is 1.48. The maximum absolute atomic E-state index is 4.52. The molecule has 0 radical (unpaired) electrons. The van der Waals surface area contributed by atoms with Crippen LogP contribution in [0.1, 0.15) is 13.3 Å². The Bertz CT molecular complexity index is 599. The Hall–Kier alpha value is -1.48. The summed E-state index contributed by atoms with van der Waals surface area (Å²) >= 11 is 1.69. The van der Waals surface area contributed by atoms with Gasteiger partial charge in [0.15, 0.2) is 5.17 Å². The van der Waals surface area contributed by atoms with Gasteiger partial charge in [-0.05, 0) is 17.0 Å². The molecule has 0 spiro atoms. The van der Waals surface area contributed by atoms with Gasteiger partial charge in [0, 0.05) is 23.3 Å². The second-order valence-electron chi connectivity index (χ2n) is 3.75. The molecule has 2 aliphatic heterocycles. The molecule has 0 bridgehead atoms. The topological polar surface area (TPSA) is 15.6 Å². The maximum Gasteiger partial charge on any atom is 0.176 e. The first-order valence-electron chi connectivity index (χ1n) is 5.38. The molecule has 2 nitrogen and oxygen atoms in total. The van der Waals surface area contributed by atoms with Crippen LogP contribution in [-0.4, -0.2) is 10.1 Å². The first-order chi connectivity index (χ1) is 7.88. The van der Waals surface area contributed by atoms with Gasteiger partial charge in [-0.3, -0.25) is 4.90 Å². The molecule has 0 aromatic heterocycles. The van der Waals surface area contributed by atoms with Crippen molar-refractivity contribution in [2.24, 2.45) is 4.99 Å². The quantitative estimate of drug-likeness (QED) is 0.729. The molecule has 1 aromatic rings. The summed E-state index contributed by atoms with van der Waals surface area (Å²) in [6.07, 6.45) is 5.15. The van der Waals surface area contributed by atoms with E-state index >= 15 is 0 Å². The summed E-state index contributed by atoms with van der Waals surface area (Å²) in [6.45, 7) is 2.17. The Balaban J connectivity index is 2.20. The number of allylic oxidation sites excluding steroid dienone is 1. The Labute approximate surface area is 98.7 Å². The van der Waals surface area contributed by atoms with Crippen molar-refractivity contribution in [3.8, 4) is 0 Å². The van der Waals surface area contributed by atoms with E-state index in [0.29, 0.717) is 0 Å². The van der Waals surface area contributed by atoms with Crippen LogP contribution in [0.15, 0.2) is 40.4 Å². The first kappa shape index (κ1) is 9.73. The molecule has 3 rings (SSSR count). The number of nitrogens with zero attached hydrogens (tertiary/aromatic N) is 2. The van der Waals surface area contributed by atoms with E-state index in [4.69, 9.17) is 0 Å². The van der Waals surface area contributed by atoms with Gasteiger partial charge < -0.3 is 0 Å². The van der Waals surface area contributed by atoms with Crippen LogP contribution in [0.5, 0.6) is 0 Å². The standard InChI is InChI=1S/C13H12N2S/c1-2-12-9-16-13-14-7-10-5-3-4-6-11(10)8-15(12)13/h3-9H,2H2,1H3. The van der Waals surface area contributed by atoms with Crippen molar-refractivity contribution >= 4 is 29.3 Å². The van der Waals surface area contributed by atoms with Gasteiger partial charge in [0.05, 0.1) is 0 Å². The van der Waals surface area contributed by atoms with Crippen molar-refractivity contribution < 1.29 is 0 Å². The zero-order chi connectivity index (χ0) is 11.0. The molecule has 0 atom stereocenters. The van der Waals surface area contributed by atoms with Gasteiger partial charge in [0.25, 0.3) is 0 Å². The minimum atomic E-state index is 1.03. The lowest BCUT2D eigenvalue weighted by atomic mass is 10.2. The van der Waals surface area contributed by atoms with Gasteiger partial charge in [-0.25, -0.2) is 4.99 Å². The summed E-state index contributed by atoms with van der Waals surface area (Å²) < 4.78 is 0. The first-order valence-corrected chi connectivity index (χ1v) is 6.26. The van der Waals surface area contributed by atoms with Crippen LogP contribution in [-0.2, 0) is 0 Å². The highest BCUT2D eigenvalue weighted by Gasteiger charge is 2.19. The molecule has 0 amide bonds. The van der Waals surface area contributed by atoms with Crippen molar-refractivity contribution in [3.63, 3.8) is 0 Å². The molecular weight excluding hydrogens is 216 g/mol. The zero-order valence-electron chi connectivity index (χ0n) is 9.05. The lowest BCUT2D eigenvalue weighted by molar-refractivity contribution is 0.724. The van der Waals surface area contributed by atoms with Gasteiger partial charge in [-0.1, -0.05) is 43.0 Å². The van der Waals surface area contributed by atoms with Crippen LogP contribution in [0, 0.1) is 0 Å². The largest absolute Gasteiger partial charge is 0.299 e. The normalized spacial score (nSPS) is 17.4. The van der Waals surface area contributed by atoms with Crippen molar-refractivity contribution in [2.45, 2.75) is 13.3 Å². The number of rotatable bonds is 1. The summed E-state index contributed by atoms with van der Waals surface area (Å²) in [7, 11) is 0. The number of hydrogen-bond acceptors (Lipinski definition) is 3. The Morgan fingerprint density at radius 3 is 2.88 bits per heavy atom. The van der Waals surface area contributed by atoms with Gasteiger partial charge in [-0.15, -0.1) is 0 Å². The van der Waals surface area contributed by atoms with Gasteiger partial charge >= 0.3 is 0 Å². The molecule has 2 aliphatic rings. The van der Waals surface area contributed by atoms with Crippen LogP contribution in [0.2, 0.25) is 0 Å². The van der Waals surface area contributed by atoms with Crippen LogP contribution in [0.4, 0.5) is 0 Å².